The van der Waals surface area contributed by atoms with Crippen LogP contribution in [0.25, 0.3) is 0 Å². The minimum absolute atomic E-state index is 0.112. The first-order chi connectivity index (χ1) is 12.5. The molecule has 6 heteroatoms. The quantitative estimate of drug-likeness (QED) is 0.764. The summed E-state index contributed by atoms with van der Waals surface area (Å²) in [5.41, 5.74) is 1.30. The molecule has 0 saturated carbocycles. The highest BCUT2D eigenvalue weighted by Crippen LogP contribution is 2.23. The fourth-order valence-electron chi connectivity index (χ4n) is 2.73. The van der Waals surface area contributed by atoms with Crippen molar-refractivity contribution >= 4 is 17.5 Å². The number of likely N-dealkylation sites (N-methyl/N-ethyl adjacent to an activating group) is 2. The van der Waals surface area contributed by atoms with Gasteiger partial charge in [0.15, 0.2) is 0 Å². The van der Waals surface area contributed by atoms with E-state index in [1.807, 2.05) is 44.2 Å². The van der Waals surface area contributed by atoms with Gasteiger partial charge in [-0.3, -0.25) is 14.5 Å². The molecule has 2 rings (SSSR count). The zero-order valence-electron chi connectivity index (χ0n) is 15.0. The van der Waals surface area contributed by atoms with Crippen molar-refractivity contribution in [3.8, 4) is 0 Å². The molecule has 0 bridgehead atoms. The lowest BCUT2D eigenvalue weighted by Crippen LogP contribution is -2.43. The van der Waals surface area contributed by atoms with Gasteiger partial charge in [0, 0.05) is 12.2 Å². The first kappa shape index (κ1) is 19.6. The van der Waals surface area contributed by atoms with E-state index in [9.17, 15) is 14.0 Å². The van der Waals surface area contributed by atoms with Crippen molar-refractivity contribution in [2.75, 3.05) is 25.0 Å². The second-order valence-corrected chi connectivity index (χ2v) is 5.83. The molecule has 26 heavy (non-hydrogen) atoms. The average molecular weight is 357 g/mol. The molecule has 1 atom stereocenters. The number of nitrogens with one attached hydrogen (secondary N) is 2. The van der Waals surface area contributed by atoms with Gasteiger partial charge in [0.05, 0.1) is 6.54 Å². The number of benzene rings is 2. The van der Waals surface area contributed by atoms with Crippen LogP contribution in [0.5, 0.6) is 0 Å². The Labute approximate surface area is 153 Å². The number of rotatable bonds is 8. The van der Waals surface area contributed by atoms with Crippen LogP contribution in [0, 0.1) is 5.82 Å². The fourth-order valence-corrected chi connectivity index (χ4v) is 2.73. The van der Waals surface area contributed by atoms with E-state index in [2.05, 4.69) is 10.6 Å². The molecule has 5 nitrogen and oxygen atoms in total. The maximum atomic E-state index is 13.1. The Bertz CT molecular complexity index is 720. The van der Waals surface area contributed by atoms with Gasteiger partial charge in [-0.2, -0.15) is 0 Å². The van der Waals surface area contributed by atoms with E-state index in [4.69, 9.17) is 0 Å². The smallest absolute Gasteiger partial charge is 0.246 e. The largest absolute Gasteiger partial charge is 0.355 e. The van der Waals surface area contributed by atoms with Crippen LogP contribution < -0.4 is 10.6 Å². The fraction of sp³-hybridized carbons (Fsp3) is 0.300. The molecule has 0 saturated heterocycles. The molecule has 0 spiro atoms. The van der Waals surface area contributed by atoms with Crippen molar-refractivity contribution in [3.05, 3.63) is 66.0 Å². The Kier molecular flexibility index (Phi) is 7.29. The summed E-state index contributed by atoms with van der Waals surface area (Å²) in [4.78, 5) is 26.8. The van der Waals surface area contributed by atoms with E-state index in [0.29, 0.717) is 18.8 Å². The molecule has 0 unspecified atom stereocenters. The van der Waals surface area contributed by atoms with Crippen molar-refractivity contribution in [3.63, 3.8) is 0 Å². The van der Waals surface area contributed by atoms with E-state index in [1.165, 1.54) is 24.3 Å². The molecule has 0 aliphatic rings. The average Bonchev–Trinajstić information content (AvgIpc) is 2.64. The van der Waals surface area contributed by atoms with Crippen LogP contribution in [0.2, 0.25) is 0 Å². The Morgan fingerprint density at radius 1 is 1.04 bits per heavy atom. The summed E-state index contributed by atoms with van der Waals surface area (Å²) in [5, 5.41) is 5.57. The van der Waals surface area contributed by atoms with Crippen molar-refractivity contribution in [2.24, 2.45) is 0 Å². The molecule has 0 fully saturated rings. The standard InChI is InChI=1S/C20H24FN3O2/c1-3-22-18(25)14-24(4-2)19(15-8-6-5-7-9-15)20(26)23-17-12-10-16(21)11-13-17/h5-13,19H,3-4,14H2,1-2H3,(H,22,25)(H,23,26)/t19-/m1/s1. The summed E-state index contributed by atoms with van der Waals surface area (Å²) in [7, 11) is 0. The molecule has 2 aromatic rings. The van der Waals surface area contributed by atoms with E-state index < -0.39 is 6.04 Å². The van der Waals surface area contributed by atoms with E-state index in [-0.39, 0.29) is 24.2 Å². The van der Waals surface area contributed by atoms with Gasteiger partial charge in [-0.15, -0.1) is 0 Å². The topological polar surface area (TPSA) is 61.4 Å². The zero-order valence-corrected chi connectivity index (χ0v) is 15.0. The lowest BCUT2D eigenvalue weighted by atomic mass is 10.0. The summed E-state index contributed by atoms with van der Waals surface area (Å²) in [5.74, 6) is -0.771. The minimum atomic E-state index is -0.631. The van der Waals surface area contributed by atoms with Crippen LogP contribution in [-0.4, -0.2) is 36.3 Å². The molecule has 2 aromatic carbocycles. The molecule has 138 valence electrons. The van der Waals surface area contributed by atoms with Gasteiger partial charge < -0.3 is 10.6 Å². The third-order valence-corrected chi connectivity index (χ3v) is 3.97. The van der Waals surface area contributed by atoms with Crippen LogP contribution in [-0.2, 0) is 9.59 Å². The molecule has 2 amide bonds. The molecular weight excluding hydrogens is 333 g/mol. The predicted molar refractivity (Wildman–Crippen MR) is 100 cm³/mol. The summed E-state index contributed by atoms with van der Waals surface area (Å²) in [6.45, 7) is 4.92. The van der Waals surface area contributed by atoms with Crippen LogP contribution in [0.3, 0.4) is 0 Å². The molecule has 0 aliphatic heterocycles. The maximum Gasteiger partial charge on any atom is 0.246 e. The molecule has 2 N–H and O–H groups in total. The van der Waals surface area contributed by atoms with E-state index in [1.54, 1.807) is 4.90 Å². The summed E-state index contributed by atoms with van der Waals surface area (Å²) in [6.07, 6.45) is 0. The molecule has 0 radical (unpaired) electrons. The van der Waals surface area contributed by atoms with Gasteiger partial charge in [0.2, 0.25) is 11.8 Å². The zero-order chi connectivity index (χ0) is 18.9. The predicted octanol–water partition coefficient (Wildman–Crippen LogP) is 2.96. The lowest BCUT2D eigenvalue weighted by Gasteiger charge is -2.29. The highest BCUT2D eigenvalue weighted by atomic mass is 19.1. The third-order valence-electron chi connectivity index (χ3n) is 3.97. The number of halogens is 1. The summed E-state index contributed by atoms with van der Waals surface area (Å²) < 4.78 is 13.1. The van der Waals surface area contributed by atoms with Crippen LogP contribution in [0.4, 0.5) is 10.1 Å². The van der Waals surface area contributed by atoms with Gasteiger partial charge in [-0.05, 0) is 43.3 Å². The minimum Gasteiger partial charge on any atom is -0.355 e. The Balaban J connectivity index is 2.26. The highest BCUT2D eigenvalue weighted by molar-refractivity contribution is 5.96. The second kappa shape index (κ2) is 9.68. The van der Waals surface area contributed by atoms with Gasteiger partial charge in [0.25, 0.3) is 0 Å². The van der Waals surface area contributed by atoms with Crippen molar-refractivity contribution < 1.29 is 14.0 Å². The third kappa shape index (κ3) is 5.39. The number of nitrogens with zero attached hydrogens (tertiary/aromatic N) is 1. The SMILES string of the molecule is CCNC(=O)CN(CC)[C@@H](C(=O)Nc1ccc(F)cc1)c1ccccc1. The molecular formula is C20H24FN3O2. The summed E-state index contributed by atoms with van der Waals surface area (Å²) >= 11 is 0. The van der Waals surface area contributed by atoms with Crippen LogP contribution in [0.15, 0.2) is 54.6 Å². The Hall–Kier alpha value is -2.73. The van der Waals surface area contributed by atoms with E-state index in [0.717, 1.165) is 5.56 Å². The van der Waals surface area contributed by atoms with Crippen LogP contribution >= 0.6 is 0 Å². The highest BCUT2D eigenvalue weighted by Gasteiger charge is 2.28. The maximum absolute atomic E-state index is 13.1. The normalized spacial score (nSPS) is 11.8. The number of carbonyl (C=O) groups excluding carboxylic acids is 2. The number of hydrogen-bond donors (Lipinski definition) is 2. The van der Waals surface area contributed by atoms with Crippen molar-refractivity contribution in [1.82, 2.24) is 10.2 Å². The van der Waals surface area contributed by atoms with E-state index >= 15 is 0 Å². The number of hydrogen-bond acceptors (Lipinski definition) is 3. The van der Waals surface area contributed by atoms with Gasteiger partial charge in [0.1, 0.15) is 11.9 Å². The van der Waals surface area contributed by atoms with Gasteiger partial charge in [-0.1, -0.05) is 37.3 Å². The molecule has 0 aromatic heterocycles. The first-order valence-corrected chi connectivity index (χ1v) is 8.67. The lowest BCUT2D eigenvalue weighted by molar-refractivity contribution is -0.126. The van der Waals surface area contributed by atoms with Crippen molar-refractivity contribution in [2.45, 2.75) is 19.9 Å². The van der Waals surface area contributed by atoms with Gasteiger partial charge in [-0.25, -0.2) is 4.39 Å². The Morgan fingerprint density at radius 3 is 2.27 bits per heavy atom. The summed E-state index contributed by atoms with van der Waals surface area (Å²) in [6, 6.07) is 14.3. The first-order valence-electron chi connectivity index (χ1n) is 8.67. The van der Waals surface area contributed by atoms with Crippen LogP contribution in [0.1, 0.15) is 25.5 Å². The van der Waals surface area contributed by atoms with Crippen molar-refractivity contribution in [1.29, 1.82) is 0 Å². The Morgan fingerprint density at radius 2 is 1.69 bits per heavy atom. The molecule has 0 heterocycles. The number of amides is 2. The second-order valence-electron chi connectivity index (χ2n) is 5.83. The molecule has 0 aliphatic carbocycles. The monoisotopic (exact) mass is 357 g/mol. The number of anilines is 1. The van der Waals surface area contributed by atoms with Gasteiger partial charge >= 0.3 is 0 Å². The number of carbonyl (C=O) groups is 2.